The number of thiazole rings is 1. The highest BCUT2D eigenvalue weighted by atomic mass is 32.1. The van der Waals surface area contributed by atoms with Crippen LogP contribution in [0.4, 0.5) is 4.79 Å². The number of hydrogen-bond acceptors (Lipinski definition) is 6. The van der Waals surface area contributed by atoms with Crippen LogP contribution in [0.3, 0.4) is 0 Å². The number of nitrogens with zero attached hydrogens (tertiary/aromatic N) is 3. The first kappa shape index (κ1) is 18.8. The van der Waals surface area contributed by atoms with E-state index in [-0.39, 0.29) is 12.0 Å². The van der Waals surface area contributed by atoms with Gasteiger partial charge in [0.1, 0.15) is 10.6 Å². The van der Waals surface area contributed by atoms with Crippen LogP contribution in [0.5, 0.6) is 0 Å². The largest absolute Gasteiger partial charge is 0.444 e. The molecule has 1 aliphatic heterocycles. The highest BCUT2D eigenvalue weighted by Gasteiger charge is 2.27. The van der Waals surface area contributed by atoms with Crippen molar-refractivity contribution in [3.8, 4) is 9.88 Å². The quantitative estimate of drug-likeness (QED) is 0.801. The van der Waals surface area contributed by atoms with Crippen LogP contribution in [0.2, 0.25) is 0 Å². The lowest BCUT2D eigenvalue weighted by Crippen LogP contribution is -2.52. The summed E-state index contributed by atoms with van der Waals surface area (Å²) in [6, 6.07) is 4.03. The molecule has 0 spiro atoms. The first-order chi connectivity index (χ1) is 12.3. The van der Waals surface area contributed by atoms with Gasteiger partial charge in [0.05, 0.1) is 17.0 Å². The predicted molar refractivity (Wildman–Crippen MR) is 104 cm³/mol. The normalized spacial score (nSPS) is 15.2. The van der Waals surface area contributed by atoms with Crippen molar-refractivity contribution in [2.75, 3.05) is 26.2 Å². The van der Waals surface area contributed by atoms with Crippen LogP contribution in [0.15, 0.2) is 22.9 Å². The zero-order chi connectivity index (χ0) is 18.7. The molecule has 1 fully saturated rings. The Hall–Kier alpha value is -1.93. The summed E-state index contributed by atoms with van der Waals surface area (Å²) in [6.07, 6.45) is -0.0152. The maximum Gasteiger partial charge on any atom is 0.410 e. The molecule has 0 radical (unpaired) electrons. The number of amides is 2. The second-order valence-corrected chi connectivity index (χ2v) is 8.95. The molecule has 1 saturated heterocycles. The lowest BCUT2D eigenvalue weighted by molar-refractivity contribution is -0.132. The number of ether oxygens (including phenoxy) is 1. The molecule has 0 N–H and O–H groups in total. The number of piperazine rings is 1. The average molecular weight is 394 g/mol. The fourth-order valence-corrected chi connectivity index (χ4v) is 4.27. The number of rotatable bonds is 3. The SMILES string of the molecule is CC(C)(C)OC(=O)N1CCN(C(=O)Cc2csc(-c3cccs3)n2)CC1. The van der Waals surface area contributed by atoms with E-state index in [1.54, 1.807) is 32.5 Å². The van der Waals surface area contributed by atoms with E-state index in [0.29, 0.717) is 32.6 Å². The third-order valence-electron chi connectivity index (χ3n) is 3.90. The van der Waals surface area contributed by atoms with Crippen molar-refractivity contribution in [1.29, 1.82) is 0 Å². The van der Waals surface area contributed by atoms with E-state index < -0.39 is 5.60 Å². The minimum atomic E-state index is -0.505. The third kappa shape index (κ3) is 4.82. The minimum absolute atomic E-state index is 0.0527. The Labute approximate surface area is 161 Å². The Morgan fingerprint density at radius 3 is 2.46 bits per heavy atom. The van der Waals surface area contributed by atoms with E-state index in [2.05, 4.69) is 4.98 Å². The maximum atomic E-state index is 12.5. The molecule has 3 heterocycles. The molecule has 1 aliphatic rings. The van der Waals surface area contributed by atoms with Crippen LogP contribution in [0, 0.1) is 0 Å². The second-order valence-electron chi connectivity index (χ2n) is 7.15. The van der Waals surface area contributed by atoms with E-state index in [1.165, 1.54) is 0 Å². The molecule has 0 bridgehead atoms. The summed E-state index contributed by atoms with van der Waals surface area (Å²) in [7, 11) is 0. The highest BCUT2D eigenvalue weighted by Crippen LogP contribution is 2.28. The van der Waals surface area contributed by atoms with Crippen LogP contribution >= 0.6 is 22.7 Å². The van der Waals surface area contributed by atoms with Gasteiger partial charge >= 0.3 is 6.09 Å². The first-order valence-electron chi connectivity index (χ1n) is 8.56. The van der Waals surface area contributed by atoms with E-state index in [1.807, 2.05) is 43.7 Å². The lowest BCUT2D eigenvalue weighted by atomic mass is 10.2. The Bertz CT molecular complexity index is 757. The monoisotopic (exact) mass is 393 g/mol. The Morgan fingerprint density at radius 1 is 1.15 bits per heavy atom. The fraction of sp³-hybridized carbons (Fsp3) is 0.500. The molecule has 0 unspecified atom stereocenters. The van der Waals surface area contributed by atoms with Gasteiger partial charge in [-0.3, -0.25) is 4.79 Å². The van der Waals surface area contributed by atoms with E-state index in [9.17, 15) is 9.59 Å². The molecule has 2 aromatic rings. The standard InChI is InChI=1S/C18H23N3O3S2/c1-18(2,3)24-17(23)21-8-6-20(7-9-21)15(22)11-13-12-26-16(19-13)14-5-4-10-25-14/h4-5,10,12H,6-9,11H2,1-3H3. The molecule has 0 aliphatic carbocycles. The van der Waals surface area contributed by atoms with Crippen molar-refractivity contribution in [3.05, 3.63) is 28.6 Å². The van der Waals surface area contributed by atoms with Gasteiger partial charge in [0.2, 0.25) is 5.91 Å². The van der Waals surface area contributed by atoms with Crippen molar-refractivity contribution in [3.63, 3.8) is 0 Å². The molecule has 0 atom stereocenters. The van der Waals surface area contributed by atoms with E-state index in [4.69, 9.17) is 4.74 Å². The Kier molecular flexibility index (Phi) is 5.62. The Morgan fingerprint density at radius 2 is 1.85 bits per heavy atom. The topological polar surface area (TPSA) is 62.7 Å². The molecular weight excluding hydrogens is 370 g/mol. The van der Waals surface area contributed by atoms with Crippen molar-refractivity contribution in [2.24, 2.45) is 0 Å². The van der Waals surface area contributed by atoms with Gasteiger partial charge in [-0.2, -0.15) is 0 Å². The van der Waals surface area contributed by atoms with Crippen molar-refractivity contribution in [1.82, 2.24) is 14.8 Å². The van der Waals surface area contributed by atoms with Crippen LogP contribution in [-0.2, 0) is 16.0 Å². The predicted octanol–water partition coefficient (Wildman–Crippen LogP) is 3.49. The third-order valence-corrected chi connectivity index (χ3v) is 5.83. The van der Waals surface area contributed by atoms with E-state index in [0.717, 1.165) is 15.6 Å². The zero-order valence-electron chi connectivity index (χ0n) is 15.2. The molecule has 140 valence electrons. The van der Waals surface area contributed by atoms with Gasteiger partial charge in [0, 0.05) is 31.6 Å². The van der Waals surface area contributed by atoms with Crippen LogP contribution in [0.25, 0.3) is 9.88 Å². The zero-order valence-corrected chi connectivity index (χ0v) is 16.9. The minimum Gasteiger partial charge on any atom is -0.444 e. The number of carbonyl (C=O) groups excluding carboxylic acids is 2. The van der Waals surface area contributed by atoms with Gasteiger partial charge in [-0.15, -0.1) is 22.7 Å². The number of carbonyl (C=O) groups is 2. The molecule has 6 nitrogen and oxygen atoms in total. The number of thiophene rings is 1. The van der Waals surface area contributed by atoms with Gasteiger partial charge in [-0.05, 0) is 32.2 Å². The van der Waals surface area contributed by atoms with Gasteiger partial charge in [0.25, 0.3) is 0 Å². The lowest BCUT2D eigenvalue weighted by Gasteiger charge is -2.35. The van der Waals surface area contributed by atoms with E-state index >= 15 is 0 Å². The van der Waals surface area contributed by atoms with Gasteiger partial charge in [0.15, 0.2) is 0 Å². The average Bonchev–Trinajstić information content (AvgIpc) is 3.24. The summed E-state index contributed by atoms with van der Waals surface area (Å²) in [4.78, 5) is 33.8. The summed E-state index contributed by atoms with van der Waals surface area (Å²) >= 11 is 3.21. The number of aromatic nitrogens is 1. The molecule has 2 amide bonds. The molecule has 26 heavy (non-hydrogen) atoms. The van der Waals surface area contributed by atoms with Crippen molar-refractivity contribution < 1.29 is 14.3 Å². The summed E-state index contributed by atoms with van der Waals surface area (Å²) < 4.78 is 5.38. The van der Waals surface area contributed by atoms with Crippen LogP contribution < -0.4 is 0 Å². The number of hydrogen-bond donors (Lipinski definition) is 0. The molecule has 8 heteroatoms. The highest BCUT2D eigenvalue weighted by molar-refractivity contribution is 7.20. The van der Waals surface area contributed by atoms with Crippen molar-refractivity contribution >= 4 is 34.7 Å². The summed E-state index contributed by atoms with van der Waals surface area (Å²) in [6.45, 7) is 7.60. The smallest absolute Gasteiger partial charge is 0.410 e. The maximum absolute atomic E-state index is 12.5. The van der Waals surface area contributed by atoms with Gasteiger partial charge in [-0.25, -0.2) is 9.78 Å². The second kappa shape index (κ2) is 7.75. The molecule has 0 saturated carbocycles. The van der Waals surface area contributed by atoms with Crippen LogP contribution in [-0.4, -0.2) is 58.6 Å². The molecular formula is C18H23N3O3S2. The summed E-state index contributed by atoms with van der Waals surface area (Å²) in [5.41, 5.74) is 0.299. The fourth-order valence-electron chi connectivity index (χ4n) is 2.63. The summed E-state index contributed by atoms with van der Waals surface area (Å²) in [5.74, 6) is 0.0527. The molecule has 2 aromatic heterocycles. The first-order valence-corrected chi connectivity index (χ1v) is 10.3. The molecule has 0 aromatic carbocycles. The summed E-state index contributed by atoms with van der Waals surface area (Å²) in [5, 5.41) is 4.92. The van der Waals surface area contributed by atoms with Gasteiger partial charge in [-0.1, -0.05) is 6.07 Å². The van der Waals surface area contributed by atoms with Crippen LogP contribution in [0.1, 0.15) is 26.5 Å². The molecule has 3 rings (SSSR count). The van der Waals surface area contributed by atoms with Gasteiger partial charge < -0.3 is 14.5 Å². The van der Waals surface area contributed by atoms with Crippen molar-refractivity contribution in [2.45, 2.75) is 32.8 Å². The Balaban J connectivity index is 1.50.